The summed E-state index contributed by atoms with van der Waals surface area (Å²) in [5.41, 5.74) is 0.791. The molecule has 0 amide bonds. The van der Waals surface area contributed by atoms with Crippen molar-refractivity contribution in [1.82, 2.24) is 10.6 Å². The summed E-state index contributed by atoms with van der Waals surface area (Å²) in [6.45, 7) is 1.80. The molecule has 2 atom stereocenters. The molecule has 1 saturated carbocycles. The molecule has 1 saturated heterocycles. The van der Waals surface area contributed by atoms with E-state index in [1.165, 1.54) is 25.0 Å². The second kappa shape index (κ2) is 9.88. The van der Waals surface area contributed by atoms with Gasteiger partial charge in [0.2, 0.25) is 0 Å². The molecule has 6 heteroatoms. The second-order valence-electron chi connectivity index (χ2n) is 9.26. The maximum absolute atomic E-state index is 13.5. The Balaban J connectivity index is 1.45. The lowest BCUT2D eigenvalue weighted by atomic mass is 9.82. The van der Waals surface area contributed by atoms with Crippen LogP contribution < -0.4 is 10.6 Å². The van der Waals surface area contributed by atoms with Crippen LogP contribution in [0.4, 0.5) is 8.78 Å². The fourth-order valence-corrected chi connectivity index (χ4v) is 5.06. The molecule has 0 spiro atoms. The standard InChI is InChI=1S/C22H36F2N2OS/c1-28(2,3)15-26-21-5-4-10-25-22(21)14-27-20-8-6-16(7-9-20)17-11-18(23)13-19(24)12-17/h11-13,16,20-22,25-26H,4-10,14-15H2,1-3H3/t16-,20+,21-,22-/m0/s1. The monoisotopic (exact) mass is 414 g/mol. The Morgan fingerprint density at radius 2 is 1.71 bits per heavy atom. The van der Waals surface area contributed by atoms with E-state index < -0.39 is 21.7 Å². The minimum Gasteiger partial charge on any atom is -0.377 e. The highest BCUT2D eigenvalue weighted by Crippen LogP contribution is 2.35. The number of piperidine rings is 1. The van der Waals surface area contributed by atoms with Gasteiger partial charge in [-0.25, -0.2) is 18.8 Å². The van der Waals surface area contributed by atoms with Crippen LogP contribution in [0.25, 0.3) is 0 Å². The third-order valence-electron chi connectivity index (χ3n) is 5.90. The molecule has 1 aliphatic heterocycles. The number of nitrogens with one attached hydrogen (secondary N) is 2. The topological polar surface area (TPSA) is 33.3 Å². The van der Waals surface area contributed by atoms with Crippen LogP contribution in [0.5, 0.6) is 0 Å². The fraction of sp³-hybridized carbons (Fsp3) is 0.727. The first-order valence-corrected chi connectivity index (χ1v) is 13.5. The Kier molecular flexibility index (Phi) is 7.76. The van der Waals surface area contributed by atoms with Crippen LogP contribution >= 0.6 is 10.0 Å². The molecule has 0 radical (unpaired) electrons. The van der Waals surface area contributed by atoms with Gasteiger partial charge in [-0.1, -0.05) is 0 Å². The first kappa shape index (κ1) is 22.0. The molecule has 1 aliphatic carbocycles. The Hall–Kier alpha value is -0.690. The van der Waals surface area contributed by atoms with Gasteiger partial charge in [-0.05, 0) is 87.5 Å². The van der Waals surface area contributed by atoms with Gasteiger partial charge in [0.05, 0.1) is 12.7 Å². The summed E-state index contributed by atoms with van der Waals surface area (Å²) >= 11 is 0. The Bertz CT molecular complexity index is 609. The largest absolute Gasteiger partial charge is 0.377 e. The number of hydrogen-bond acceptors (Lipinski definition) is 3. The average molecular weight is 415 g/mol. The molecule has 0 aromatic heterocycles. The molecule has 28 heavy (non-hydrogen) atoms. The van der Waals surface area contributed by atoms with Crippen LogP contribution in [-0.4, -0.2) is 56.0 Å². The Morgan fingerprint density at radius 3 is 2.36 bits per heavy atom. The third kappa shape index (κ3) is 6.68. The van der Waals surface area contributed by atoms with Crippen molar-refractivity contribution in [1.29, 1.82) is 0 Å². The highest BCUT2D eigenvalue weighted by atomic mass is 32.3. The molecule has 0 unspecified atom stereocenters. The Morgan fingerprint density at radius 1 is 1.04 bits per heavy atom. The van der Waals surface area contributed by atoms with Crippen LogP contribution in [0.15, 0.2) is 18.2 Å². The van der Waals surface area contributed by atoms with Gasteiger partial charge in [0.15, 0.2) is 0 Å². The smallest absolute Gasteiger partial charge is 0.126 e. The normalized spacial score (nSPS) is 29.6. The molecule has 1 aromatic carbocycles. The number of ether oxygens (including phenoxy) is 1. The first-order chi connectivity index (χ1) is 13.3. The molecule has 1 aromatic rings. The van der Waals surface area contributed by atoms with Crippen molar-refractivity contribution in [3.05, 3.63) is 35.4 Å². The van der Waals surface area contributed by atoms with Crippen molar-refractivity contribution in [2.75, 3.05) is 37.8 Å². The van der Waals surface area contributed by atoms with Crippen molar-refractivity contribution < 1.29 is 13.5 Å². The van der Waals surface area contributed by atoms with Gasteiger partial charge in [0.25, 0.3) is 0 Å². The van der Waals surface area contributed by atoms with Crippen molar-refractivity contribution in [3.63, 3.8) is 0 Å². The van der Waals surface area contributed by atoms with E-state index in [4.69, 9.17) is 4.74 Å². The van der Waals surface area contributed by atoms with Gasteiger partial charge in [-0.3, -0.25) is 0 Å². The van der Waals surface area contributed by atoms with Gasteiger partial charge in [0.1, 0.15) is 11.6 Å². The van der Waals surface area contributed by atoms with Crippen molar-refractivity contribution in [2.24, 2.45) is 0 Å². The number of halogens is 2. The van der Waals surface area contributed by atoms with Gasteiger partial charge in [0, 0.05) is 24.0 Å². The zero-order valence-corrected chi connectivity index (χ0v) is 18.3. The summed E-state index contributed by atoms with van der Waals surface area (Å²) < 4.78 is 33.2. The third-order valence-corrected chi connectivity index (χ3v) is 6.94. The Labute approximate surface area is 170 Å². The molecule has 2 aliphatic rings. The molecule has 160 valence electrons. The van der Waals surface area contributed by atoms with E-state index in [-0.39, 0.29) is 12.0 Å². The van der Waals surface area contributed by atoms with E-state index in [9.17, 15) is 8.78 Å². The van der Waals surface area contributed by atoms with Crippen LogP contribution in [-0.2, 0) is 4.74 Å². The van der Waals surface area contributed by atoms with E-state index in [0.29, 0.717) is 12.1 Å². The van der Waals surface area contributed by atoms with Crippen LogP contribution in [0, 0.1) is 11.6 Å². The fourth-order valence-electron chi connectivity index (χ4n) is 4.34. The summed E-state index contributed by atoms with van der Waals surface area (Å²) in [6, 6.07) is 4.75. The lowest BCUT2D eigenvalue weighted by Gasteiger charge is -2.37. The summed E-state index contributed by atoms with van der Waals surface area (Å²) in [7, 11) is -0.554. The van der Waals surface area contributed by atoms with Crippen LogP contribution in [0.1, 0.15) is 50.0 Å². The predicted molar refractivity (Wildman–Crippen MR) is 115 cm³/mol. The van der Waals surface area contributed by atoms with Gasteiger partial charge in [-0.15, -0.1) is 0 Å². The van der Waals surface area contributed by atoms with Crippen LogP contribution in [0.3, 0.4) is 0 Å². The van der Waals surface area contributed by atoms with Crippen molar-refractivity contribution >= 4 is 10.0 Å². The van der Waals surface area contributed by atoms with E-state index in [0.717, 1.165) is 56.3 Å². The molecule has 2 N–H and O–H groups in total. The molecule has 3 nitrogen and oxygen atoms in total. The predicted octanol–water partition coefficient (Wildman–Crippen LogP) is 4.37. The van der Waals surface area contributed by atoms with E-state index in [1.54, 1.807) is 0 Å². The number of rotatable bonds is 7. The zero-order chi connectivity index (χ0) is 20.1. The quantitative estimate of drug-likeness (QED) is 0.695. The average Bonchev–Trinajstić information content (AvgIpc) is 2.64. The molecule has 1 heterocycles. The summed E-state index contributed by atoms with van der Waals surface area (Å²) in [5, 5.41) is 7.39. The maximum atomic E-state index is 13.5. The minimum absolute atomic E-state index is 0.238. The molecular weight excluding hydrogens is 378 g/mol. The van der Waals surface area contributed by atoms with E-state index in [2.05, 4.69) is 29.4 Å². The van der Waals surface area contributed by atoms with Gasteiger partial charge >= 0.3 is 0 Å². The summed E-state index contributed by atoms with van der Waals surface area (Å²) in [5.74, 6) is 0.368. The zero-order valence-electron chi connectivity index (χ0n) is 17.5. The SMILES string of the molecule is CS(C)(C)CN[C@H]1CCCN[C@H]1CO[C@H]1CC[C@@H](c2cc(F)cc(F)c2)CC1. The minimum atomic E-state index is -0.554. The van der Waals surface area contributed by atoms with Gasteiger partial charge in [-0.2, -0.15) is 0 Å². The van der Waals surface area contributed by atoms with E-state index in [1.807, 2.05) is 0 Å². The lowest BCUT2D eigenvalue weighted by Crippen LogP contribution is -2.54. The first-order valence-electron chi connectivity index (χ1n) is 10.5. The molecule has 2 fully saturated rings. The highest BCUT2D eigenvalue weighted by molar-refractivity contribution is 8.32. The maximum Gasteiger partial charge on any atom is 0.126 e. The molecular formula is C22H36F2N2OS. The molecule has 0 bridgehead atoms. The lowest BCUT2D eigenvalue weighted by molar-refractivity contribution is 0.00412. The summed E-state index contributed by atoms with van der Waals surface area (Å²) in [4.78, 5) is 0. The van der Waals surface area contributed by atoms with E-state index >= 15 is 0 Å². The number of benzene rings is 1. The van der Waals surface area contributed by atoms with Crippen molar-refractivity contribution in [3.8, 4) is 0 Å². The van der Waals surface area contributed by atoms with Crippen molar-refractivity contribution in [2.45, 2.75) is 62.6 Å². The highest BCUT2D eigenvalue weighted by Gasteiger charge is 2.28. The molecule has 3 rings (SSSR count). The number of hydrogen-bond donors (Lipinski definition) is 2. The second-order valence-corrected chi connectivity index (χ2v) is 13.7. The van der Waals surface area contributed by atoms with Crippen LogP contribution in [0.2, 0.25) is 0 Å². The van der Waals surface area contributed by atoms with Gasteiger partial charge < -0.3 is 15.4 Å². The summed E-state index contributed by atoms with van der Waals surface area (Å²) in [6.07, 6.45) is 13.5.